The average molecular weight is 287 g/mol. The molecule has 1 rings (SSSR count). The Hall–Kier alpha value is -1.41. The van der Waals surface area contributed by atoms with Crippen molar-refractivity contribution in [3.63, 3.8) is 0 Å². The van der Waals surface area contributed by atoms with E-state index in [-0.39, 0.29) is 0 Å². The van der Waals surface area contributed by atoms with Crippen molar-refractivity contribution in [2.75, 3.05) is 43.7 Å². The third-order valence-electron chi connectivity index (χ3n) is 2.32. The SMILES string of the molecule is CCc1cc(NCCNS(C)(=O)=O)nc(N(C)C)n1. The Morgan fingerprint density at radius 3 is 2.47 bits per heavy atom. The number of hydrogen-bond acceptors (Lipinski definition) is 6. The Morgan fingerprint density at radius 2 is 1.95 bits per heavy atom. The topological polar surface area (TPSA) is 87.2 Å². The standard InChI is InChI=1S/C11H21N5O2S/c1-5-9-8-10(15-11(14-9)16(2)3)12-6-7-13-19(4,17)18/h8,13H,5-7H2,1-4H3,(H,12,14,15). The highest BCUT2D eigenvalue weighted by Gasteiger charge is 2.05. The first kappa shape index (κ1) is 15.6. The van der Waals surface area contributed by atoms with Gasteiger partial charge in [0.05, 0.1) is 6.26 Å². The molecule has 108 valence electrons. The molecule has 0 saturated carbocycles. The highest BCUT2D eigenvalue weighted by molar-refractivity contribution is 7.88. The molecule has 0 aliphatic rings. The van der Waals surface area contributed by atoms with Crippen molar-refractivity contribution in [3.05, 3.63) is 11.8 Å². The van der Waals surface area contributed by atoms with Gasteiger partial charge in [0.2, 0.25) is 16.0 Å². The van der Waals surface area contributed by atoms with E-state index in [9.17, 15) is 8.42 Å². The summed E-state index contributed by atoms with van der Waals surface area (Å²) in [5, 5.41) is 3.08. The van der Waals surface area contributed by atoms with Gasteiger partial charge in [-0.15, -0.1) is 0 Å². The van der Waals surface area contributed by atoms with Crippen LogP contribution in [0.2, 0.25) is 0 Å². The van der Waals surface area contributed by atoms with Crippen molar-refractivity contribution in [2.45, 2.75) is 13.3 Å². The summed E-state index contributed by atoms with van der Waals surface area (Å²) in [6.45, 7) is 2.82. The van der Waals surface area contributed by atoms with Crippen molar-refractivity contribution < 1.29 is 8.42 Å². The van der Waals surface area contributed by atoms with Crippen LogP contribution in [0.15, 0.2) is 6.07 Å². The maximum absolute atomic E-state index is 10.9. The molecule has 1 aromatic rings. The molecule has 0 amide bonds. The lowest BCUT2D eigenvalue weighted by Crippen LogP contribution is -2.28. The highest BCUT2D eigenvalue weighted by Crippen LogP contribution is 2.12. The number of hydrogen-bond donors (Lipinski definition) is 2. The van der Waals surface area contributed by atoms with Gasteiger partial charge in [0.15, 0.2) is 0 Å². The fraction of sp³-hybridized carbons (Fsp3) is 0.636. The van der Waals surface area contributed by atoms with E-state index < -0.39 is 10.0 Å². The van der Waals surface area contributed by atoms with Crippen molar-refractivity contribution >= 4 is 21.8 Å². The van der Waals surface area contributed by atoms with Gasteiger partial charge in [-0.05, 0) is 6.42 Å². The first-order chi connectivity index (χ1) is 8.81. The molecule has 0 spiro atoms. The maximum atomic E-state index is 10.9. The average Bonchev–Trinajstić information content (AvgIpc) is 2.33. The summed E-state index contributed by atoms with van der Waals surface area (Å²) in [7, 11) is 0.614. The molecule has 0 atom stereocenters. The zero-order chi connectivity index (χ0) is 14.5. The number of nitrogens with one attached hydrogen (secondary N) is 2. The van der Waals surface area contributed by atoms with Crippen LogP contribution in [0.3, 0.4) is 0 Å². The van der Waals surface area contributed by atoms with Gasteiger partial charge in [0.25, 0.3) is 0 Å². The fourth-order valence-electron chi connectivity index (χ4n) is 1.38. The lowest BCUT2D eigenvalue weighted by molar-refractivity contribution is 0.589. The summed E-state index contributed by atoms with van der Waals surface area (Å²) in [5.41, 5.74) is 0.942. The first-order valence-electron chi connectivity index (χ1n) is 6.05. The molecule has 0 aliphatic heterocycles. The summed E-state index contributed by atoms with van der Waals surface area (Å²) in [6, 6.07) is 1.87. The normalized spacial score (nSPS) is 11.4. The van der Waals surface area contributed by atoms with Crippen LogP contribution in [0.5, 0.6) is 0 Å². The Labute approximate surface area is 114 Å². The number of nitrogens with zero attached hydrogens (tertiary/aromatic N) is 3. The van der Waals surface area contributed by atoms with Crippen molar-refractivity contribution in [1.82, 2.24) is 14.7 Å². The van der Waals surface area contributed by atoms with Gasteiger partial charge in [-0.25, -0.2) is 18.1 Å². The third kappa shape index (κ3) is 5.84. The quantitative estimate of drug-likeness (QED) is 0.690. The molecule has 0 unspecified atom stereocenters. The van der Waals surface area contributed by atoms with E-state index in [0.29, 0.717) is 24.9 Å². The van der Waals surface area contributed by atoms with Gasteiger partial charge in [-0.1, -0.05) is 6.92 Å². The Bertz CT molecular complexity index is 516. The maximum Gasteiger partial charge on any atom is 0.226 e. The second-order valence-corrected chi connectivity index (χ2v) is 6.22. The Balaban J connectivity index is 2.65. The second-order valence-electron chi connectivity index (χ2n) is 4.39. The highest BCUT2D eigenvalue weighted by atomic mass is 32.2. The second kappa shape index (κ2) is 6.67. The zero-order valence-corrected chi connectivity index (χ0v) is 12.6. The van der Waals surface area contributed by atoms with Gasteiger partial charge in [0, 0.05) is 38.9 Å². The van der Waals surface area contributed by atoms with E-state index in [1.807, 2.05) is 32.0 Å². The largest absolute Gasteiger partial charge is 0.369 e. The fourth-order valence-corrected chi connectivity index (χ4v) is 1.86. The van der Waals surface area contributed by atoms with Crippen LogP contribution in [0.25, 0.3) is 0 Å². The van der Waals surface area contributed by atoms with Crippen LogP contribution < -0.4 is 14.9 Å². The van der Waals surface area contributed by atoms with Gasteiger partial charge in [-0.3, -0.25) is 0 Å². The Kier molecular flexibility index (Phi) is 5.49. The summed E-state index contributed by atoms with van der Waals surface area (Å²) in [5.74, 6) is 1.34. The van der Waals surface area contributed by atoms with E-state index in [2.05, 4.69) is 20.0 Å². The first-order valence-corrected chi connectivity index (χ1v) is 7.94. The Morgan fingerprint density at radius 1 is 1.26 bits per heavy atom. The number of sulfonamides is 1. The summed E-state index contributed by atoms with van der Waals surface area (Å²) >= 11 is 0. The van der Waals surface area contributed by atoms with Gasteiger partial charge >= 0.3 is 0 Å². The predicted octanol–water partition coefficient (Wildman–Crippen LogP) is 0.0661. The van der Waals surface area contributed by atoms with E-state index >= 15 is 0 Å². The lowest BCUT2D eigenvalue weighted by atomic mass is 10.3. The van der Waals surface area contributed by atoms with Crippen LogP contribution in [-0.4, -0.2) is 51.8 Å². The van der Waals surface area contributed by atoms with E-state index in [1.165, 1.54) is 0 Å². The van der Waals surface area contributed by atoms with Crippen LogP contribution in [0.4, 0.5) is 11.8 Å². The van der Waals surface area contributed by atoms with Gasteiger partial charge in [-0.2, -0.15) is 4.98 Å². The van der Waals surface area contributed by atoms with E-state index in [0.717, 1.165) is 18.4 Å². The molecule has 0 aromatic carbocycles. The molecule has 0 fully saturated rings. The molecule has 7 nitrogen and oxygen atoms in total. The number of aromatic nitrogens is 2. The summed E-state index contributed by atoms with van der Waals surface area (Å²) in [6.07, 6.45) is 1.96. The van der Waals surface area contributed by atoms with Crippen LogP contribution >= 0.6 is 0 Å². The van der Waals surface area contributed by atoms with Crippen molar-refractivity contribution in [2.24, 2.45) is 0 Å². The summed E-state index contributed by atoms with van der Waals surface area (Å²) in [4.78, 5) is 10.6. The van der Waals surface area contributed by atoms with Crippen molar-refractivity contribution in [3.8, 4) is 0 Å². The van der Waals surface area contributed by atoms with Crippen LogP contribution in [-0.2, 0) is 16.4 Å². The lowest BCUT2D eigenvalue weighted by Gasteiger charge is -2.14. The molecule has 1 heterocycles. The number of anilines is 2. The minimum absolute atomic E-state index is 0.321. The van der Waals surface area contributed by atoms with Gasteiger partial charge < -0.3 is 10.2 Å². The minimum Gasteiger partial charge on any atom is -0.369 e. The molecular weight excluding hydrogens is 266 g/mol. The van der Waals surface area contributed by atoms with Gasteiger partial charge in [0.1, 0.15) is 5.82 Å². The van der Waals surface area contributed by atoms with E-state index in [1.54, 1.807) is 0 Å². The molecule has 8 heteroatoms. The van der Waals surface area contributed by atoms with Crippen LogP contribution in [0.1, 0.15) is 12.6 Å². The zero-order valence-electron chi connectivity index (χ0n) is 11.8. The monoisotopic (exact) mass is 287 g/mol. The molecule has 0 saturated heterocycles. The summed E-state index contributed by atoms with van der Waals surface area (Å²) < 4.78 is 24.2. The molecule has 0 aliphatic carbocycles. The predicted molar refractivity (Wildman–Crippen MR) is 77.1 cm³/mol. The minimum atomic E-state index is -3.14. The molecule has 19 heavy (non-hydrogen) atoms. The molecule has 0 radical (unpaired) electrons. The molecular formula is C11H21N5O2S. The number of rotatable bonds is 7. The van der Waals surface area contributed by atoms with Crippen LogP contribution in [0, 0.1) is 0 Å². The molecule has 2 N–H and O–H groups in total. The van der Waals surface area contributed by atoms with E-state index in [4.69, 9.17) is 0 Å². The molecule has 0 bridgehead atoms. The smallest absolute Gasteiger partial charge is 0.226 e. The third-order valence-corrected chi connectivity index (χ3v) is 3.05. The van der Waals surface area contributed by atoms with Crippen molar-refractivity contribution in [1.29, 1.82) is 0 Å². The molecule has 1 aromatic heterocycles. The number of aryl methyl sites for hydroxylation is 1.